The molecule has 3 rings (SSSR count). The topological polar surface area (TPSA) is 137 Å². The molecule has 3 N–H and O–H groups in total. The van der Waals surface area contributed by atoms with Gasteiger partial charge in [-0.25, -0.2) is 19.7 Å². The lowest BCUT2D eigenvalue weighted by Crippen LogP contribution is -2.31. The van der Waals surface area contributed by atoms with Crippen molar-refractivity contribution in [3.05, 3.63) is 59.4 Å². The molecule has 0 unspecified atom stereocenters. The molecule has 0 aliphatic carbocycles. The number of carbonyl (C=O) groups excluding carboxylic acids is 1. The summed E-state index contributed by atoms with van der Waals surface area (Å²) in [6.45, 7) is 3.73. The lowest BCUT2D eigenvalue weighted by Gasteiger charge is -2.12. The number of ether oxygens (including phenoxy) is 1. The van der Waals surface area contributed by atoms with E-state index in [2.05, 4.69) is 15.0 Å². The highest BCUT2D eigenvalue weighted by Crippen LogP contribution is 2.25. The van der Waals surface area contributed by atoms with Crippen LogP contribution >= 0.6 is 11.6 Å². The van der Waals surface area contributed by atoms with Gasteiger partial charge in [-0.15, -0.1) is 0 Å². The molecular formula is C19H18ClN5O4S. The highest BCUT2D eigenvalue weighted by Gasteiger charge is 2.23. The maximum atomic E-state index is 12.8. The van der Waals surface area contributed by atoms with Crippen molar-refractivity contribution in [1.29, 1.82) is 0 Å². The number of nitrogens with one attached hydrogen (secondary N) is 1. The van der Waals surface area contributed by atoms with E-state index < -0.39 is 15.9 Å². The summed E-state index contributed by atoms with van der Waals surface area (Å²) in [5, 5.41) is -0.249. The number of amides is 1. The molecule has 0 atom stereocenters. The minimum Gasteiger partial charge on any atom is -0.475 e. The molecule has 0 saturated carbocycles. The lowest BCUT2D eigenvalue weighted by molar-refractivity contribution is 0.0981. The summed E-state index contributed by atoms with van der Waals surface area (Å²) in [4.78, 5) is 24.8. The molecule has 3 heterocycles. The Kier molecular flexibility index (Phi) is 6.18. The van der Waals surface area contributed by atoms with Gasteiger partial charge < -0.3 is 10.5 Å². The Morgan fingerprint density at radius 3 is 2.53 bits per heavy atom. The molecule has 3 aromatic heterocycles. The number of nitrogens with zero attached hydrogens (tertiary/aromatic N) is 3. The molecule has 0 aromatic carbocycles. The zero-order valence-corrected chi connectivity index (χ0v) is 17.6. The van der Waals surface area contributed by atoms with Crippen molar-refractivity contribution in [2.75, 3.05) is 5.73 Å². The second kappa shape index (κ2) is 8.64. The minimum atomic E-state index is -4.25. The van der Waals surface area contributed by atoms with Gasteiger partial charge in [0.1, 0.15) is 11.0 Å². The first-order valence-corrected chi connectivity index (χ1v) is 10.6. The molecule has 9 nitrogen and oxygen atoms in total. The van der Waals surface area contributed by atoms with Crippen molar-refractivity contribution in [2.45, 2.75) is 25.0 Å². The molecule has 0 aliphatic rings. The summed E-state index contributed by atoms with van der Waals surface area (Å²) >= 11 is 5.99. The Morgan fingerprint density at radius 1 is 1.13 bits per heavy atom. The number of hydrogen-bond donors (Lipinski definition) is 2. The minimum absolute atomic E-state index is 0.00814. The van der Waals surface area contributed by atoms with Crippen molar-refractivity contribution < 1.29 is 17.9 Å². The summed E-state index contributed by atoms with van der Waals surface area (Å²) < 4.78 is 32.5. The van der Waals surface area contributed by atoms with Gasteiger partial charge in [-0.05, 0) is 44.2 Å². The summed E-state index contributed by atoms with van der Waals surface area (Å²) in [6, 6.07) is 10.1. The van der Waals surface area contributed by atoms with Crippen molar-refractivity contribution in [3.63, 3.8) is 0 Å². The zero-order chi connectivity index (χ0) is 21.9. The highest BCUT2D eigenvalue weighted by molar-refractivity contribution is 7.90. The number of aromatic nitrogens is 3. The Hall–Kier alpha value is -3.24. The second-order valence-corrected chi connectivity index (χ2v) is 8.43. The van der Waals surface area contributed by atoms with Crippen LogP contribution < -0.4 is 15.2 Å². The van der Waals surface area contributed by atoms with Gasteiger partial charge in [-0.2, -0.15) is 8.42 Å². The fourth-order valence-corrected chi connectivity index (χ4v) is 3.57. The summed E-state index contributed by atoms with van der Waals surface area (Å²) in [7, 11) is -4.25. The van der Waals surface area contributed by atoms with Crippen molar-refractivity contribution in [2.24, 2.45) is 0 Å². The maximum Gasteiger partial charge on any atom is 0.281 e. The summed E-state index contributed by atoms with van der Waals surface area (Å²) in [6.07, 6.45) is 1.40. The SMILES string of the molecule is CC(C)Oc1ccc(-c2nc(Cl)ccc2C(=O)NS(=O)(=O)c2cccc(N)n2)cn1. The number of carbonyl (C=O) groups is 1. The van der Waals surface area contributed by atoms with Crippen LogP contribution in [0.3, 0.4) is 0 Å². The van der Waals surface area contributed by atoms with Crippen LogP contribution in [0.15, 0.2) is 53.7 Å². The van der Waals surface area contributed by atoms with Gasteiger partial charge in [0, 0.05) is 17.8 Å². The Labute approximate surface area is 178 Å². The van der Waals surface area contributed by atoms with Crippen molar-refractivity contribution in [1.82, 2.24) is 19.7 Å². The van der Waals surface area contributed by atoms with E-state index in [0.717, 1.165) is 0 Å². The third-order valence-electron chi connectivity index (χ3n) is 3.72. The molecule has 0 aliphatic heterocycles. The van der Waals surface area contributed by atoms with E-state index in [1.807, 2.05) is 18.6 Å². The molecule has 0 bridgehead atoms. The van der Waals surface area contributed by atoms with Gasteiger partial charge >= 0.3 is 0 Å². The van der Waals surface area contributed by atoms with Gasteiger partial charge in [0.05, 0.1) is 17.4 Å². The van der Waals surface area contributed by atoms with Gasteiger partial charge in [0.2, 0.25) is 5.88 Å². The van der Waals surface area contributed by atoms with Crippen LogP contribution in [-0.2, 0) is 10.0 Å². The molecule has 0 fully saturated rings. The first kappa shape index (κ1) is 21.5. The fourth-order valence-electron chi connectivity index (χ4n) is 2.48. The summed E-state index contributed by atoms with van der Waals surface area (Å²) in [5.41, 5.74) is 6.14. The number of halogens is 1. The normalized spacial score (nSPS) is 11.3. The first-order valence-electron chi connectivity index (χ1n) is 8.75. The highest BCUT2D eigenvalue weighted by atomic mass is 35.5. The van der Waals surface area contributed by atoms with E-state index in [0.29, 0.717) is 11.4 Å². The van der Waals surface area contributed by atoms with Gasteiger partial charge in [0.25, 0.3) is 15.9 Å². The molecule has 0 spiro atoms. The molecular weight excluding hydrogens is 430 g/mol. The van der Waals surface area contributed by atoms with Gasteiger partial charge in [-0.3, -0.25) is 4.79 Å². The van der Waals surface area contributed by atoms with Gasteiger partial charge in [0.15, 0.2) is 5.03 Å². The number of hydrogen-bond acceptors (Lipinski definition) is 8. The Balaban J connectivity index is 1.94. The fraction of sp³-hybridized carbons (Fsp3) is 0.158. The lowest BCUT2D eigenvalue weighted by atomic mass is 10.1. The largest absolute Gasteiger partial charge is 0.475 e. The van der Waals surface area contributed by atoms with Crippen LogP contribution in [0.4, 0.5) is 5.82 Å². The monoisotopic (exact) mass is 447 g/mol. The Bertz CT molecular complexity index is 1180. The maximum absolute atomic E-state index is 12.8. The molecule has 1 amide bonds. The van der Waals surface area contributed by atoms with E-state index in [-0.39, 0.29) is 33.4 Å². The van der Waals surface area contributed by atoms with Crippen LogP contribution in [-0.4, -0.2) is 35.4 Å². The second-order valence-electron chi connectivity index (χ2n) is 6.42. The number of rotatable bonds is 6. The number of pyridine rings is 3. The number of anilines is 1. The molecule has 0 saturated heterocycles. The van der Waals surface area contributed by atoms with Crippen LogP contribution in [0.1, 0.15) is 24.2 Å². The molecule has 30 heavy (non-hydrogen) atoms. The quantitative estimate of drug-likeness (QED) is 0.550. The van der Waals surface area contributed by atoms with Crippen LogP contribution in [0.25, 0.3) is 11.3 Å². The van der Waals surface area contributed by atoms with E-state index in [1.165, 1.54) is 36.5 Å². The third-order valence-corrected chi connectivity index (χ3v) is 5.16. The van der Waals surface area contributed by atoms with E-state index in [1.54, 1.807) is 12.1 Å². The number of nitrogen functional groups attached to an aromatic ring is 1. The molecule has 3 aromatic rings. The van der Waals surface area contributed by atoms with Gasteiger partial charge in [-0.1, -0.05) is 17.7 Å². The number of nitrogens with two attached hydrogens (primary N) is 1. The predicted octanol–water partition coefficient (Wildman–Crippen LogP) is 2.68. The average Bonchev–Trinajstić information content (AvgIpc) is 2.67. The zero-order valence-electron chi connectivity index (χ0n) is 16.0. The molecule has 0 radical (unpaired) electrons. The van der Waals surface area contributed by atoms with Crippen LogP contribution in [0, 0.1) is 0 Å². The predicted molar refractivity (Wildman–Crippen MR) is 112 cm³/mol. The van der Waals surface area contributed by atoms with Crippen LogP contribution in [0.2, 0.25) is 5.15 Å². The summed E-state index contributed by atoms with van der Waals surface area (Å²) in [5.74, 6) is -0.494. The van der Waals surface area contributed by atoms with E-state index in [9.17, 15) is 13.2 Å². The number of sulfonamides is 1. The first-order chi connectivity index (χ1) is 14.2. The Morgan fingerprint density at radius 2 is 1.90 bits per heavy atom. The van der Waals surface area contributed by atoms with E-state index >= 15 is 0 Å². The molecule has 156 valence electrons. The van der Waals surface area contributed by atoms with Crippen molar-refractivity contribution in [3.8, 4) is 17.1 Å². The van der Waals surface area contributed by atoms with Crippen LogP contribution in [0.5, 0.6) is 5.88 Å². The van der Waals surface area contributed by atoms with E-state index in [4.69, 9.17) is 22.1 Å². The molecule has 11 heteroatoms. The third kappa shape index (κ3) is 5.02. The standard InChI is InChI=1S/C19H18ClN5O4S/c1-11(2)29-16-9-6-12(10-22-16)18-13(7-8-14(20)23-18)19(26)25-30(27,28)17-5-3-4-15(21)24-17/h3-11H,1-2H3,(H2,21,24)(H,25,26). The van der Waals surface area contributed by atoms with Crippen molar-refractivity contribution >= 4 is 33.3 Å². The smallest absolute Gasteiger partial charge is 0.281 e. The average molecular weight is 448 g/mol.